The third-order valence-corrected chi connectivity index (χ3v) is 3.28. The Labute approximate surface area is 116 Å². The third kappa shape index (κ3) is 2.18. The van der Waals surface area contributed by atoms with E-state index < -0.39 is 0 Å². The van der Waals surface area contributed by atoms with Gasteiger partial charge < -0.3 is 9.15 Å². The summed E-state index contributed by atoms with van der Waals surface area (Å²) in [6, 6.07) is 15.0. The number of rotatable bonds is 2. The lowest BCUT2D eigenvalue weighted by molar-refractivity contribution is 0.415. The van der Waals surface area contributed by atoms with Crippen molar-refractivity contribution in [2.75, 3.05) is 7.11 Å². The second-order valence-corrected chi connectivity index (χ2v) is 4.71. The molecule has 2 aromatic carbocycles. The first kappa shape index (κ1) is 12.5. The van der Waals surface area contributed by atoms with E-state index in [0.29, 0.717) is 5.58 Å². The largest absolute Gasteiger partial charge is 0.497 e. The number of aryl methyl sites for hydroxylation is 1. The molecule has 0 aliphatic heterocycles. The molecule has 3 aromatic rings. The van der Waals surface area contributed by atoms with Crippen molar-refractivity contribution in [3.05, 3.63) is 64.5 Å². The van der Waals surface area contributed by atoms with Crippen molar-refractivity contribution in [1.82, 2.24) is 0 Å². The highest BCUT2D eigenvalue weighted by Crippen LogP contribution is 2.29. The maximum atomic E-state index is 11.7. The number of hydrogen-bond acceptors (Lipinski definition) is 3. The summed E-state index contributed by atoms with van der Waals surface area (Å²) in [5.41, 5.74) is 3.11. The molecule has 0 saturated carbocycles. The van der Waals surface area contributed by atoms with Crippen LogP contribution in [0.5, 0.6) is 5.75 Å². The summed E-state index contributed by atoms with van der Waals surface area (Å²) >= 11 is 0. The average Bonchev–Trinajstić information content (AvgIpc) is 2.46. The van der Waals surface area contributed by atoms with Gasteiger partial charge in [-0.05, 0) is 41.8 Å². The van der Waals surface area contributed by atoms with Crippen LogP contribution in [0, 0.1) is 6.92 Å². The summed E-state index contributed by atoms with van der Waals surface area (Å²) in [6.07, 6.45) is 0. The molecule has 0 N–H and O–H groups in total. The van der Waals surface area contributed by atoms with Crippen LogP contribution in [0.15, 0.2) is 57.7 Å². The molecule has 20 heavy (non-hydrogen) atoms. The molecule has 0 fully saturated rings. The normalized spacial score (nSPS) is 10.7. The van der Waals surface area contributed by atoms with Crippen LogP contribution in [-0.2, 0) is 0 Å². The van der Waals surface area contributed by atoms with Gasteiger partial charge in [-0.3, -0.25) is 0 Å². The van der Waals surface area contributed by atoms with Crippen LogP contribution in [0.4, 0.5) is 0 Å². The molecule has 0 unspecified atom stereocenters. The van der Waals surface area contributed by atoms with Gasteiger partial charge in [0.15, 0.2) is 0 Å². The Morgan fingerprint density at radius 2 is 1.90 bits per heavy atom. The quantitative estimate of drug-likeness (QED) is 0.663. The molecule has 100 valence electrons. The van der Waals surface area contributed by atoms with Crippen LogP contribution >= 0.6 is 0 Å². The monoisotopic (exact) mass is 266 g/mol. The molecule has 3 rings (SSSR count). The Balaban J connectivity index is 2.32. The Morgan fingerprint density at radius 1 is 1.05 bits per heavy atom. The predicted molar refractivity (Wildman–Crippen MR) is 79.2 cm³/mol. The number of fused-ring (bicyclic) bond motifs is 1. The van der Waals surface area contributed by atoms with Crippen LogP contribution in [0.2, 0.25) is 0 Å². The van der Waals surface area contributed by atoms with E-state index in [1.165, 1.54) is 6.07 Å². The first-order chi connectivity index (χ1) is 9.67. The van der Waals surface area contributed by atoms with E-state index in [1.807, 2.05) is 49.4 Å². The van der Waals surface area contributed by atoms with Crippen LogP contribution < -0.4 is 10.4 Å². The molecule has 0 aliphatic rings. The number of hydrogen-bond donors (Lipinski definition) is 0. The van der Waals surface area contributed by atoms with Gasteiger partial charge in [0.05, 0.1) is 7.11 Å². The van der Waals surface area contributed by atoms with E-state index in [0.717, 1.165) is 27.8 Å². The van der Waals surface area contributed by atoms with Gasteiger partial charge in [-0.1, -0.05) is 24.3 Å². The van der Waals surface area contributed by atoms with Crippen molar-refractivity contribution in [3.63, 3.8) is 0 Å². The van der Waals surface area contributed by atoms with Gasteiger partial charge in [0.2, 0.25) is 0 Å². The minimum absolute atomic E-state index is 0.346. The highest BCUT2D eigenvalue weighted by Gasteiger charge is 2.08. The zero-order valence-electron chi connectivity index (χ0n) is 11.3. The van der Waals surface area contributed by atoms with E-state index in [-0.39, 0.29) is 5.63 Å². The SMILES string of the molecule is COc1cccc(-c2cc(=O)oc3cc(C)ccc23)c1. The Bertz CT molecular complexity index is 831. The van der Waals surface area contributed by atoms with Gasteiger partial charge in [-0.2, -0.15) is 0 Å². The predicted octanol–water partition coefficient (Wildman–Crippen LogP) is 3.78. The zero-order chi connectivity index (χ0) is 14.1. The van der Waals surface area contributed by atoms with Crippen molar-refractivity contribution in [1.29, 1.82) is 0 Å². The molecule has 1 aromatic heterocycles. The summed E-state index contributed by atoms with van der Waals surface area (Å²) in [7, 11) is 1.62. The average molecular weight is 266 g/mol. The van der Waals surface area contributed by atoms with Crippen molar-refractivity contribution in [3.8, 4) is 16.9 Å². The second-order valence-electron chi connectivity index (χ2n) is 4.71. The molecular weight excluding hydrogens is 252 g/mol. The highest BCUT2D eigenvalue weighted by atomic mass is 16.5. The van der Waals surface area contributed by atoms with Crippen LogP contribution in [0.1, 0.15) is 5.56 Å². The molecule has 0 bridgehead atoms. The van der Waals surface area contributed by atoms with Gasteiger partial charge in [-0.15, -0.1) is 0 Å². The molecular formula is C17H14O3. The topological polar surface area (TPSA) is 39.4 Å². The van der Waals surface area contributed by atoms with Gasteiger partial charge >= 0.3 is 5.63 Å². The molecule has 0 aliphatic carbocycles. The standard InChI is InChI=1S/C17H14O3/c1-11-6-7-14-15(10-17(18)20-16(14)8-11)12-4-3-5-13(9-12)19-2/h3-10H,1-2H3. The van der Waals surface area contributed by atoms with Gasteiger partial charge in [0, 0.05) is 11.5 Å². The number of methoxy groups -OCH3 is 1. The molecule has 0 amide bonds. The van der Waals surface area contributed by atoms with Crippen molar-refractivity contribution in [2.24, 2.45) is 0 Å². The third-order valence-electron chi connectivity index (χ3n) is 3.28. The second kappa shape index (κ2) is 4.85. The fraction of sp³-hybridized carbons (Fsp3) is 0.118. The van der Waals surface area contributed by atoms with E-state index in [2.05, 4.69) is 0 Å². The maximum absolute atomic E-state index is 11.7. The molecule has 3 nitrogen and oxygen atoms in total. The Morgan fingerprint density at radius 3 is 2.70 bits per heavy atom. The summed E-state index contributed by atoms with van der Waals surface area (Å²) in [4.78, 5) is 11.7. The Hall–Kier alpha value is -2.55. The minimum atomic E-state index is -0.346. The number of ether oxygens (including phenoxy) is 1. The first-order valence-corrected chi connectivity index (χ1v) is 6.36. The van der Waals surface area contributed by atoms with E-state index in [9.17, 15) is 4.79 Å². The number of benzene rings is 2. The first-order valence-electron chi connectivity index (χ1n) is 6.36. The van der Waals surface area contributed by atoms with Gasteiger partial charge in [-0.25, -0.2) is 4.79 Å². The fourth-order valence-electron chi connectivity index (χ4n) is 2.30. The summed E-state index contributed by atoms with van der Waals surface area (Å²) in [5.74, 6) is 0.760. The van der Waals surface area contributed by atoms with E-state index in [1.54, 1.807) is 7.11 Å². The summed E-state index contributed by atoms with van der Waals surface area (Å²) in [6.45, 7) is 1.97. The summed E-state index contributed by atoms with van der Waals surface area (Å²) < 4.78 is 10.5. The van der Waals surface area contributed by atoms with Crippen molar-refractivity contribution < 1.29 is 9.15 Å². The molecule has 1 heterocycles. The molecule has 0 saturated heterocycles. The Kier molecular flexibility index (Phi) is 3.03. The molecule has 0 spiro atoms. The lowest BCUT2D eigenvalue weighted by Crippen LogP contribution is -1.98. The van der Waals surface area contributed by atoms with Crippen LogP contribution in [0.3, 0.4) is 0 Å². The zero-order valence-corrected chi connectivity index (χ0v) is 11.3. The van der Waals surface area contributed by atoms with Gasteiger partial charge in [0.25, 0.3) is 0 Å². The highest BCUT2D eigenvalue weighted by molar-refractivity contribution is 5.93. The molecule has 3 heteroatoms. The molecule has 0 atom stereocenters. The summed E-state index contributed by atoms with van der Waals surface area (Å²) in [5, 5.41) is 0.920. The van der Waals surface area contributed by atoms with Gasteiger partial charge in [0.1, 0.15) is 11.3 Å². The maximum Gasteiger partial charge on any atom is 0.336 e. The van der Waals surface area contributed by atoms with Crippen molar-refractivity contribution >= 4 is 11.0 Å². The lowest BCUT2D eigenvalue weighted by atomic mass is 10.0. The van der Waals surface area contributed by atoms with Crippen LogP contribution in [-0.4, -0.2) is 7.11 Å². The van der Waals surface area contributed by atoms with E-state index in [4.69, 9.17) is 9.15 Å². The fourth-order valence-corrected chi connectivity index (χ4v) is 2.30. The molecule has 0 radical (unpaired) electrons. The van der Waals surface area contributed by atoms with E-state index >= 15 is 0 Å². The smallest absolute Gasteiger partial charge is 0.336 e. The lowest BCUT2D eigenvalue weighted by Gasteiger charge is -2.08. The van der Waals surface area contributed by atoms with Crippen molar-refractivity contribution in [2.45, 2.75) is 6.92 Å². The van der Waals surface area contributed by atoms with Crippen LogP contribution in [0.25, 0.3) is 22.1 Å². The minimum Gasteiger partial charge on any atom is -0.497 e.